The summed E-state index contributed by atoms with van der Waals surface area (Å²) in [7, 11) is 0. The number of amides is 1. The number of hydrogen-bond acceptors (Lipinski definition) is 3. The fourth-order valence-electron chi connectivity index (χ4n) is 1.32. The van der Waals surface area contributed by atoms with Gasteiger partial charge in [-0.25, -0.2) is 0 Å². The summed E-state index contributed by atoms with van der Waals surface area (Å²) in [5.74, 6) is -0.113. The van der Waals surface area contributed by atoms with Gasteiger partial charge in [-0.05, 0) is 18.6 Å². The zero-order valence-electron chi connectivity index (χ0n) is 10.5. The second-order valence-electron chi connectivity index (χ2n) is 3.84. The number of carbonyl (C=O) groups is 1. The fraction of sp³-hybridized carbons (Fsp3) is 0.500. The Morgan fingerprint density at radius 2 is 2.10 bits per heavy atom. The van der Waals surface area contributed by atoms with E-state index in [0.717, 1.165) is 12.1 Å². The van der Waals surface area contributed by atoms with Crippen LogP contribution in [0.5, 0.6) is 0 Å². The van der Waals surface area contributed by atoms with Crippen LogP contribution in [0.25, 0.3) is 0 Å². The van der Waals surface area contributed by atoms with Crippen molar-refractivity contribution in [3.05, 3.63) is 29.6 Å². The van der Waals surface area contributed by atoms with Crippen molar-refractivity contribution in [2.45, 2.75) is 12.6 Å². The third-order valence-electron chi connectivity index (χ3n) is 2.30. The van der Waals surface area contributed by atoms with Crippen LogP contribution in [0.4, 0.5) is 13.2 Å². The molecule has 0 aromatic carbocycles. The molecule has 8 heteroatoms. The fourth-order valence-corrected chi connectivity index (χ4v) is 1.43. The standard InChI is InChI=1S/C12H14ClF3N2O2/c13-4-7-20-6-1-5-17-11(19)10-3-2-9(8-18-10)12(14,15)16/h2-3,8H,1,4-7H2,(H,17,19). The molecule has 1 amide bonds. The van der Waals surface area contributed by atoms with Crippen LogP contribution in [-0.4, -0.2) is 36.5 Å². The van der Waals surface area contributed by atoms with E-state index < -0.39 is 17.6 Å². The van der Waals surface area contributed by atoms with Crippen LogP contribution in [0.15, 0.2) is 18.3 Å². The highest BCUT2D eigenvalue weighted by molar-refractivity contribution is 6.17. The molecule has 0 unspecified atom stereocenters. The molecule has 1 rings (SSSR count). The molecule has 0 bridgehead atoms. The summed E-state index contributed by atoms with van der Waals surface area (Å²) in [6.45, 7) is 1.24. The zero-order valence-corrected chi connectivity index (χ0v) is 11.3. The highest BCUT2D eigenvalue weighted by Gasteiger charge is 2.30. The molecule has 20 heavy (non-hydrogen) atoms. The van der Waals surface area contributed by atoms with E-state index >= 15 is 0 Å². The first-order chi connectivity index (χ1) is 9.45. The molecule has 0 aliphatic carbocycles. The Bertz CT molecular complexity index is 424. The molecule has 0 aliphatic rings. The Balaban J connectivity index is 2.37. The van der Waals surface area contributed by atoms with Crippen LogP contribution in [0.1, 0.15) is 22.5 Å². The quantitative estimate of drug-likeness (QED) is 0.622. The van der Waals surface area contributed by atoms with Gasteiger partial charge in [0.15, 0.2) is 0 Å². The van der Waals surface area contributed by atoms with Crippen molar-refractivity contribution in [2.24, 2.45) is 0 Å². The number of carbonyl (C=O) groups excluding carboxylic acids is 1. The van der Waals surface area contributed by atoms with Crippen molar-refractivity contribution < 1.29 is 22.7 Å². The third kappa shape index (κ3) is 5.75. The maximum Gasteiger partial charge on any atom is 0.417 e. The number of alkyl halides is 4. The molecule has 1 heterocycles. The molecular formula is C12H14ClF3N2O2. The lowest BCUT2D eigenvalue weighted by atomic mass is 10.2. The van der Waals surface area contributed by atoms with E-state index in [-0.39, 0.29) is 5.69 Å². The number of nitrogens with zero attached hydrogens (tertiary/aromatic N) is 1. The summed E-state index contributed by atoms with van der Waals surface area (Å²) >= 11 is 5.41. The predicted octanol–water partition coefficient (Wildman–Crippen LogP) is 2.48. The van der Waals surface area contributed by atoms with Crippen molar-refractivity contribution in [2.75, 3.05) is 25.6 Å². The average Bonchev–Trinajstić information content (AvgIpc) is 2.41. The normalized spacial score (nSPS) is 11.4. The molecule has 0 aliphatic heterocycles. The van der Waals surface area contributed by atoms with E-state index in [0.29, 0.717) is 38.3 Å². The van der Waals surface area contributed by atoms with E-state index in [1.54, 1.807) is 0 Å². The van der Waals surface area contributed by atoms with Crippen LogP contribution in [0, 0.1) is 0 Å². The number of halogens is 4. The van der Waals surface area contributed by atoms with Gasteiger partial charge in [-0.15, -0.1) is 11.6 Å². The molecule has 1 N–H and O–H groups in total. The molecule has 0 spiro atoms. The maximum absolute atomic E-state index is 12.3. The molecule has 4 nitrogen and oxygen atoms in total. The van der Waals surface area contributed by atoms with Crippen molar-refractivity contribution in [3.8, 4) is 0 Å². The Hall–Kier alpha value is -1.34. The van der Waals surface area contributed by atoms with Gasteiger partial charge < -0.3 is 10.1 Å². The van der Waals surface area contributed by atoms with Gasteiger partial charge in [0.1, 0.15) is 5.69 Å². The van der Waals surface area contributed by atoms with Gasteiger partial charge in [0.2, 0.25) is 0 Å². The molecule has 112 valence electrons. The Morgan fingerprint density at radius 3 is 2.65 bits per heavy atom. The van der Waals surface area contributed by atoms with Crippen LogP contribution in [-0.2, 0) is 10.9 Å². The lowest BCUT2D eigenvalue weighted by Crippen LogP contribution is -2.26. The largest absolute Gasteiger partial charge is 0.417 e. The molecule has 0 saturated carbocycles. The Kier molecular flexibility index (Phi) is 6.74. The molecule has 0 fully saturated rings. The van der Waals surface area contributed by atoms with E-state index in [1.807, 2.05) is 0 Å². The molecule has 0 radical (unpaired) electrons. The highest BCUT2D eigenvalue weighted by atomic mass is 35.5. The summed E-state index contributed by atoms with van der Waals surface area (Å²) in [6, 6.07) is 1.87. The van der Waals surface area contributed by atoms with Crippen LogP contribution in [0.2, 0.25) is 0 Å². The van der Waals surface area contributed by atoms with Crippen molar-refractivity contribution in [1.29, 1.82) is 0 Å². The van der Waals surface area contributed by atoms with Gasteiger partial charge in [-0.1, -0.05) is 0 Å². The predicted molar refractivity (Wildman–Crippen MR) is 67.7 cm³/mol. The summed E-state index contributed by atoms with van der Waals surface area (Å²) in [6.07, 6.45) is -3.23. The summed E-state index contributed by atoms with van der Waals surface area (Å²) < 4.78 is 42.0. The van der Waals surface area contributed by atoms with Crippen molar-refractivity contribution in [1.82, 2.24) is 10.3 Å². The van der Waals surface area contributed by atoms with E-state index in [2.05, 4.69) is 10.3 Å². The van der Waals surface area contributed by atoms with Crippen molar-refractivity contribution >= 4 is 17.5 Å². The van der Waals surface area contributed by atoms with Gasteiger partial charge in [0.25, 0.3) is 5.91 Å². The number of nitrogens with one attached hydrogen (secondary N) is 1. The summed E-state index contributed by atoms with van der Waals surface area (Å²) in [5, 5.41) is 2.54. The number of ether oxygens (including phenoxy) is 1. The minimum absolute atomic E-state index is 0.0559. The first kappa shape index (κ1) is 16.7. The highest BCUT2D eigenvalue weighted by Crippen LogP contribution is 2.28. The second-order valence-corrected chi connectivity index (χ2v) is 4.22. The monoisotopic (exact) mass is 310 g/mol. The third-order valence-corrected chi connectivity index (χ3v) is 2.45. The Morgan fingerprint density at radius 1 is 1.35 bits per heavy atom. The van der Waals surface area contributed by atoms with E-state index in [9.17, 15) is 18.0 Å². The van der Waals surface area contributed by atoms with Gasteiger partial charge in [-0.3, -0.25) is 9.78 Å². The van der Waals surface area contributed by atoms with Gasteiger partial charge in [0.05, 0.1) is 12.2 Å². The number of pyridine rings is 1. The molecule has 0 saturated heterocycles. The molecule has 1 aromatic heterocycles. The summed E-state index contributed by atoms with van der Waals surface area (Å²) in [4.78, 5) is 15.1. The smallest absolute Gasteiger partial charge is 0.380 e. The van der Waals surface area contributed by atoms with Crippen LogP contribution >= 0.6 is 11.6 Å². The second kappa shape index (κ2) is 8.06. The maximum atomic E-state index is 12.3. The van der Waals surface area contributed by atoms with Crippen LogP contribution in [0.3, 0.4) is 0 Å². The van der Waals surface area contributed by atoms with Crippen LogP contribution < -0.4 is 5.32 Å². The average molecular weight is 311 g/mol. The molecule has 0 atom stereocenters. The number of aromatic nitrogens is 1. The van der Waals surface area contributed by atoms with E-state index in [1.165, 1.54) is 0 Å². The number of rotatable bonds is 7. The lowest BCUT2D eigenvalue weighted by Gasteiger charge is -2.07. The minimum Gasteiger partial charge on any atom is -0.380 e. The topological polar surface area (TPSA) is 51.2 Å². The molecular weight excluding hydrogens is 297 g/mol. The van der Waals surface area contributed by atoms with E-state index in [4.69, 9.17) is 16.3 Å². The lowest BCUT2D eigenvalue weighted by molar-refractivity contribution is -0.137. The number of hydrogen-bond donors (Lipinski definition) is 1. The van der Waals surface area contributed by atoms with Crippen molar-refractivity contribution in [3.63, 3.8) is 0 Å². The minimum atomic E-state index is -4.46. The Labute approximate surface area is 119 Å². The van der Waals surface area contributed by atoms with Gasteiger partial charge >= 0.3 is 6.18 Å². The zero-order chi connectivity index (χ0) is 15.0. The first-order valence-electron chi connectivity index (χ1n) is 5.90. The summed E-state index contributed by atoms with van der Waals surface area (Å²) in [5.41, 5.74) is -0.941. The molecule has 1 aromatic rings. The first-order valence-corrected chi connectivity index (χ1v) is 6.43. The van der Waals surface area contributed by atoms with Gasteiger partial charge in [0, 0.05) is 25.2 Å². The SMILES string of the molecule is O=C(NCCCOCCCl)c1ccc(C(F)(F)F)cn1. The van der Waals surface area contributed by atoms with Gasteiger partial charge in [-0.2, -0.15) is 13.2 Å².